The minimum atomic E-state index is -0.923. The van der Waals surface area contributed by atoms with E-state index >= 15 is 0 Å². The Morgan fingerprint density at radius 2 is 2.17 bits per heavy atom. The second kappa shape index (κ2) is 7.11. The summed E-state index contributed by atoms with van der Waals surface area (Å²) in [5.74, 6) is 1.35. The fourth-order valence-electron chi connectivity index (χ4n) is 4.03. The molecule has 0 bridgehead atoms. The van der Waals surface area contributed by atoms with Crippen molar-refractivity contribution in [3.05, 3.63) is 29.3 Å². The number of nitrogens with one attached hydrogen (secondary N) is 1. The SMILES string of the molecule is CCN1CCC(CNC(=O)C2(N)CCc3c(OC)cccc32)CC1. The molecule has 2 aliphatic rings. The van der Waals surface area contributed by atoms with E-state index in [0.717, 1.165) is 62.3 Å². The van der Waals surface area contributed by atoms with E-state index in [1.165, 1.54) is 0 Å². The van der Waals surface area contributed by atoms with Gasteiger partial charge in [-0.15, -0.1) is 0 Å². The molecule has 1 saturated heterocycles. The van der Waals surface area contributed by atoms with Crippen LogP contribution in [0.2, 0.25) is 0 Å². The van der Waals surface area contributed by atoms with Crippen LogP contribution in [0.1, 0.15) is 37.3 Å². The molecular weight excluding hydrogens is 302 g/mol. The number of ether oxygens (including phenoxy) is 1. The average molecular weight is 331 g/mol. The Hall–Kier alpha value is -1.59. The molecule has 132 valence electrons. The molecule has 1 amide bonds. The van der Waals surface area contributed by atoms with Crippen molar-refractivity contribution in [3.8, 4) is 5.75 Å². The van der Waals surface area contributed by atoms with E-state index in [9.17, 15) is 4.79 Å². The van der Waals surface area contributed by atoms with E-state index in [-0.39, 0.29) is 5.91 Å². The van der Waals surface area contributed by atoms with Crippen LogP contribution in [0.3, 0.4) is 0 Å². The molecule has 3 N–H and O–H groups in total. The third-order valence-corrected chi connectivity index (χ3v) is 5.71. The maximum Gasteiger partial charge on any atom is 0.244 e. The van der Waals surface area contributed by atoms with Crippen LogP contribution >= 0.6 is 0 Å². The molecule has 1 aliphatic carbocycles. The first-order chi connectivity index (χ1) is 11.6. The highest BCUT2D eigenvalue weighted by Gasteiger charge is 2.43. The van der Waals surface area contributed by atoms with Crippen molar-refractivity contribution in [2.24, 2.45) is 11.7 Å². The Morgan fingerprint density at radius 3 is 2.83 bits per heavy atom. The van der Waals surface area contributed by atoms with Gasteiger partial charge < -0.3 is 20.7 Å². The molecule has 1 unspecified atom stereocenters. The number of amides is 1. The highest BCUT2D eigenvalue weighted by atomic mass is 16.5. The number of piperidine rings is 1. The van der Waals surface area contributed by atoms with Crippen LogP contribution in [0.4, 0.5) is 0 Å². The lowest BCUT2D eigenvalue weighted by Gasteiger charge is -2.32. The van der Waals surface area contributed by atoms with Crippen molar-refractivity contribution in [2.75, 3.05) is 33.3 Å². The average Bonchev–Trinajstić information content (AvgIpc) is 2.98. The summed E-state index contributed by atoms with van der Waals surface area (Å²) >= 11 is 0. The molecule has 0 radical (unpaired) electrons. The number of carbonyl (C=O) groups is 1. The van der Waals surface area contributed by atoms with Crippen LogP contribution < -0.4 is 15.8 Å². The van der Waals surface area contributed by atoms with E-state index in [1.807, 2.05) is 18.2 Å². The fourth-order valence-corrected chi connectivity index (χ4v) is 4.03. The minimum absolute atomic E-state index is 0.0487. The topological polar surface area (TPSA) is 67.6 Å². The smallest absolute Gasteiger partial charge is 0.244 e. The maximum atomic E-state index is 12.8. The van der Waals surface area contributed by atoms with Gasteiger partial charge >= 0.3 is 0 Å². The minimum Gasteiger partial charge on any atom is -0.496 e. The van der Waals surface area contributed by atoms with Crippen molar-refractivity contribution in [2.45, 2.75) is 38.1 Å². The number of hydrogen-bond donors (Lipinski definition) is 2. The van der Waals surface area contributed by atoms with Gasteiger partial charge in [-0.2, -0.15) is 0 Å². The maximum absolute atomic E-state index is 12.8. The quantitative estimate of drug-likeness (QED) is 0.861. The Kier molecular flexibility index (Phi) is 5.11. The summed E-state index contributed by atoms with van der Waals surface area (Å²) in [4.78, 5) is 15.3. The molecule has 3 rings (SSSR count). The Balaban J connectivity index is 1.62. The Bertz CT molecular complexity index is 596. The first-order valence-corrected chi connectivity index (χ1v) is 9.04. The predicted molar refractivity (Wildman–Crippen MR) is 95.0 cm³/mol. The van der Waals surface area contributed by atoms with Gasteiger partial charge in [0.15, 0.2) is 0 Å². The third kappa shape index (κ3) is 3.15. The molecule has 24 heavy (non-hydrogen) atoms. The zero-order valence-electron chi connectivity index (χ0n) is 14.8. The number of rotatable bonds is 5. The molecule has 1 fully saturated rings. The summed E-state index contributed by atoms with van der Waals surface area (Å²) in [6, 6.07) is 5.81. The summed E-state index contributed by atoms with van der Waals surface area (Å²) in [6.45, 7) is 6.31. The van der Waals surface area contributed by atoms with E-state index in [1.54, 1.807) is 7.11 Å². The second-order valence-electron chi connectivity index (χ2n) is 7.05. The molecular formula is C19H29N3O2. The molecule has 0 aromatic heterocycles. The van der Waals surface area contributed by atoms with E-state index < -0.39 is 5.54 Å². The summed E-state index contributed by atoms with van der Waals surface area (Å²) in [5.41, 5.74) is 7.59. The number of nitrogens with two attached hydrogens (primary N) is 1. The van der Waals surface area contributed by atoms with Crippen LogP contribution in [-0.4, -0.2) is 44.1 Å². The number of hydrogen-bond acceptors (Lipinski definition) is 4. The van der Waals surface area contributed by atoms with Gasteiger partial charge in [0.25, 0.3) is 0 Å². The van der Waals surface area contributed by atoms with Crippen molar-refractivity contribution >= 4 is 5.91 Å². The molecule has 0 saturated carbocycles. The summed E-state index contributed by atoms with van der Waals surface area (Å²) in [6.07, 6.45) is 3.73. The van der Waals surface area contributed by atoms with Gasteiger partial charge in [0.05, 0.1) is 7.11 Å². The van der Waals surface area contributed by atoms with Crippen LogP contribution in [0.25, 0.3) is 0 Å². The van der Waals surface area contributed by atoms with Crippen LogP contribution in [0.5, 0.6) is 5.75 Å². The first kappa shape index (κ1) is 17.2. The first-order valence-electron chi connectivity index (χ1n) is 9.04. The number of nitrogens with zero attached hydrogens (tertiary/aromatic N) is 1. The van der Waals surface area contributed by atoms with Crippen LogP contribution in [0, 0.1) is 5.92 Å². The van der Waals surface area contributed by atoms with Crippen LogP contribution in [-0.2, 0) is 16.8 Å². The second-order valence-corrected chi connectivity index (χ2v) is 7.05. The highest BCUT2D eigenvalue weighted by molar-refractivity contribution is 5.89. The summed E-state index contributed by atoms with van der Waals surface area (Å²) in [7, 11) is 1.66. The molecule has 1 aromatic rings. The predicted octanol–water partition coefficient (Wildman–Crippen LogP) is 1.64. The molecule has 1 aliphatic heterocycles. The zero-order chi connectivity index (χ0) is 17.2. The normalized spacial score (nSPS) is 24.6. The monoisotopic (exact) mass is 331 g/mol. The Labute approximate surface area is 144 Å². The largest absolute Gasteiger partial charge is 0.496 e. The van der Waals surface area contributed by atoms with E-state index in [0.29, 0.717) is 12.3 Å². The van der Waals surface area contributed by atoms with Gasteiger partial charge in [0.1, 0.15) is 11.3 Å². The van der Waals surface area contributed by atoms with Gasteiger partial charge in [-0.3, -0.25) is 4.79 Å². The zero-order valence-corrected chi connectivity index (χ0v) is 14.8. The highest BCUT2D eigenvalue weighted by Crippen LogP contribution is 2.39. The lowest BCUT2D eigenvalue weighted by Crippen LogP contribution is -2.51. The molecule has 1 atom stereocenters. The van der Waals surface area contributed by atoms with Gasteiger partial charge in [-0.25, -0.2) is 0 Å². The lowest BCUT2D eigenvalue weighted by molar-refractivity contribution is -0.126. The Morgan fingerprint density at radius 1 is 1.42 bits per heavy atom. The van der Waals surface area contributed by atoms with Crippen molar-refractivity contribution in [1.82, 2.24) is 10.2 Å². The lowest BCUT2D eigenvalue weighted by atomic mass is 9.91. The number of methoxy groups -OCH3 is 1. The molecule has 0 spiro atoms. The molecule has 5 heteroatoms. The summed E-state index contributed by atoms with van der Waals surface area (Å²) in [5, 5.41) is 3.12. The number of fused-ring (bicyclic) bond motifs is 1. The third-order valence-electron chi connectivity index (χ3n) is 5.71. The number of likely N-dealkylation sites (tertiary alicyclic amines) is 1. The molecule has 1 heterocycles. The number of carbonyl (C=O) groups excluding carboxylic acids is 1. The van der Waals surface area contributed by atoms with Gasteiger partial charge in [-0.05, 0) is 68.4 Å². The van der Waals surface area contributed by atoms with E-state index in [2.05, 4.69) is 17.1 Å². The standard InChI is InChI=1S/C19H29N3O2/c1-3-22-11-8-14(9-12-22)13-21-18(23)19(20)10-7-15-16(19)5-4-6-17(15)24-2/h4-6,14H,3,7-13,20H2,1-2H3,(H,21,23). The van der Waals surface area contributed by atoms with Gasteiger partial charge in [-0.1, -0.05) is 19.1 Å². The van der Waals surface area contributed by atoms with Crippen LogP contribution in [0.15, 0.2) is 18.2 Å². The molecule has 1 aromatic carbocycles. The fraction of sp³-hybridized carbons (Fsp3) is 0.632. The summed E-state index contributed by atoms with van der Waals surface area (Å²) < 4.78 is 5.41. The van der Waals surface area contributed by atoms with Crippen molar-refractivity contribution in [3.63, 3.8) is 0 Å². The van der Waals surface area contributed by atoms with Crippen molar-refractivity contribution in [1.29, 1.82) is 0 Å². The van der Waals surface area contributed by atoms with Gasteiger partial charge in [0, 0.05) is 6.54 Å². The van der Waals surface area contributed by atoms with E-state index in [4.69, 9.17) is 10.5 Å². The molecule has 5 nitrogen and oxygen atoms in total. The van der Waals surface area contributed by atoms with Gasteiger partial charge in [0.2, 0.25) is 5.91 Å². The van der Waals surface area contributed by atoms with Crippen molar-refractivity contribution < 1.29 is 9.53 Å². The number of benzene rings is 1.